The first-order chi connectivity index (χ1) is 8.27. The normalized spacial score (nSPS) is 10.6. The van der Waals surface area contributed by atoms with Crippen molar-refractivity contribution in [3.8, 4) is 0 Å². The minimum Gasteiger partial charge on any atom is -0.267 e. The molecule has 0 atom stereocenters. The fourth-order valence-corrected chi connectivity index (χ4v) is 1.93. The molecule has 0 aliphatic carbocycles. The van der Waals surface area contributed by atoms with E-state index in [1.807, 2.05) is 17.5 Å². The van der Waals surface area contributed by atoms with Crippen LogP contribution in [0.4, 0.5) is 0 Å². The summed E-state index contributed by atoms with van der Waals surface area (Å²) >= 11 is 7.31. The van der Waals surface area contributed by atoms with Gasteiger partial charge in [0.25, 0.3) is 5.91 Å². The predicted molar refractivity (Wildman–Crippen MR) is 68.6 cm³/mol. The molecule has 0 spiro atoms. The van der Waals surface area contributed by atoms with Gasteiger partial charge in [-0.2, -0.15) is 5.10 Å². The summed E-state index contributed by atoms with van der Waals surface area (Å²) in [6.45, 7) is 0. The fourth-order valence-electron chi connectivity index (χ4n) is 1.13. The third-order valence-corrected chi connectivity index (χ3v) is 3.01. The topological polar surface area (TPSA) is 54.4 Å². The number of amides is 1. The second-order valence-electron chi connectivity index (χ2n) is 3.06. The second-order valence-corrected chi connectivity index (χ2v) is 4.39. The maximum Gasteiger partial charge on any atom is 0.274 e. The van der Waals surface area contributed by atoms with Gasteiger partial charge in [0.1, 0.15) is 5.15 Å². The first-order valence-electron chi connectivity index (χ1n) is 4.75. The van der Waals surface area contributed by atoms with Gasteiger partial charge in [-0.3, -0.25) is 4.79 Å². The molecule has 86 valence electrons. The molecule has 0 radical (unpaired) electrons. The fraction of sp³-hybridized carbons (Fsp3) is 0. The Balaban J connectivity index is 2.01. The number of aromatic nitrogens is 1. The molecule has 0 fully saturated rings. The molecular formula is C11H8ClN3OS. The average molecular weight is 266 g/mol. The number of hydrogen-bond donors (Lipinski definition) is 1. The summed E-state index contributed by atoms with van der Waals surface area (Å²) in [5.41, 5.74) is 2.69. The Kier molecular flexibility index (Phi) is 3.85. The molecule has 0 aliphatic rings. The van der Waals surface area contributed by atoms with Crippen LogP contribution in [0.1, 0.15) is 15.2 Å². The van der Waals surface area contributed by atoms with Gasteiger partial charge in [0.2, 0.25) is 0 Å². The largest absolute Gasteiger partial charge is 0.274 e. The Bertz CT molecular complexity index is 539. The van der Waals surface area contributed by atoms with Crippen LogP contribution in [0, 0.1) is 0 Å². The number of hydrogen-bond acceptors (Lipinski definition) is 4. The van der Waals surface area contributed by atoms with E-state index in [4.69, 9.17) is 11.6 Å². The SMILES string of the molecule is O=C(NN=Cc1cccs1)c1cccnc1Cl. The molecule has 2 heterocycles. The number of carbonyl (C=O) groups is 1. The number of hydrazone groups is 1. The van der Waals surface area contributed by atoms with Gasteiger partial charge in [0.05, 0.1) is 11.8 Å². The van der Waals surface area contributed by atoms with E-state index in [2.05, 4.69) is 15.5 Å². The number of nitrogens with one attached hydrogen (secondary N) is 1. The molecule has 4 nitrogen and oxygen atoms in total. The third-order valence-electron chi connectivity index (χ3n) is 1.90. The number of pyridine rings is 1. The highest BCUT2D eigenvalue weighted by molar-refractivity contribution is 7.11. The van der Waals surface area contributed by atoms with Crippen molar-refractivity contribution >= 4 is 35.1 Å². The standard InChI is InChI=1S/C11H8ClN3OS/c12-10-9(4-1-5-13-10)11(16)15-14-7-8-3-2-6-17-8/h1-7H,(H,15,16). The van der Waals surface area contributed by atoms with Crippen molar-refractivity contribution in [2.45, 2.75) is 0 Å². The van der Waals surface area contributed by atoms with Crippen LogP contribution >= 0.6 is 22.9 Å². The second kappa shape index (κ2) is 5.56. The lowest BCUT2D eigenvalue weighted by Gasteiger charge is -2.00. The molecule has 0 saturated heterocycles. The van der Waals surface area contributed by atoms with Gasteiger partial charge in [-0.1, -0.05) is 17.7 Å². The maximum absolute atomic E-state index is 11.6. The summed E-state index contributed by atoms with van der Waals surface area (Å²) in [5, 5.41) is 5.93. The van der Waals surface area contributed by atoms with Crippen molar-refractivity contribution in [3.63, 3.8) is 0 Å². The first-order valence-corrected chi connectivity index (χ1v) is 6.00. The van der Waals surface area contributed by atoms with Crippen molar-refractivity contribution < 1.29 is 4.79 Å². The van der Waals surface area contributed by atoms with Gasteiger partial charge in [-0.15, -0.1) is 11.3 Å². The van der Waals surface area contributed by atoms with E-state index in [1.54, 1.807) is 18.3 Å². The number of rotatable bonds is 3. The number of carbonyl (C=O) groups excluding carboxylic acids is 1. The Morgan fingerprint density at radius 1 is 1.47 bits per heavy atom. The molecule has 17 heavy (non-hydrogen) atoms. The molecule has 1 amide bonds. The Labute approximate surface area is 107 Å². The minimum atomic E-state index is -0.379. The molecular weight excluding hydrogens is 258 g/mol. The average Bonchev–Trinajstić information content (AvgIpc) is 2.82. The van der Waals surface area contributed by atoms with Crippen molar-refractivity contribution in [1.29, 1.82) is 0 Å². The van der Waals surface area contributed by atoms with Crippen LogP contribution in [0.25, 0.3) is 0 Å². The summed E-state index contributed by atoms with van der Waals surface area (Å²) in [5.74, 6) is -0.379. The molecule has 0 aliphatic heterocycles. The van der Waals surface area contributed by atoms with E-state index >= 15 is 0 Å². The summed E-state index contributed by atoms with van der Waals surface area (Å²) in [7, 11) is 0. The molecule has 2 aromatic rings. The lowest BCUT2D eigenvalue weighted by atomic mass is 10.3. The lowest BCUT2D eigenvalue weighted by molar-refractivity contribution is 0.0955. The highest BCUT2D eigenvalue weighted by Crippen LogP contribution is 2.10. The van der Waals surface area contributed by atoms with Gasteiger partial charge in [0, 0.05) is 11.1 Å². The molecule has 0 bridgehead atoms. The van der Waals surface area contributed by atoms with Crippen LogP contribution in [-0.4, -0.2) is 17.1 Å². The Morgan fingerprint density at radius 2 is 2.35 bits per heavy atom. The zero-order valence-electron chi connectivity index (χ0n) is 8.63. The van der Waals surface area contributed by atoms with Gasteiger partial charge in [-0.05, 0) is 23.6 Å². The summed E-state index contributed by atoms with van der Waals surface area (Å²) in [6, 6.07) is 7.04. The van der Waals surface area contributed by atoms with E-state index in [9.17, 15) is 4.79 Å². The maximum atomic E-state index is 11.6. The molecule has 1 N–H and O–H groups in total. The van der Waals surface area contributed by atoms with E-state index in [-0.39, 0.29) is 11.1 Å². The van der Waals surface area contributed by atoms with E-state index in [1.165, 1.54) is 17.5 Å². The van der Waals surface area contributed by atoms with Crippen LogP contribution in [-0.2, 0) is 0 Å². The smallest absolute Gasteiger partial charge is 0.267 e. The minimum absolute atomic E-state index is 0.163. The zero-order chi connectivity index (χ0) is 12.1. The predicted octanol–water partition coefficient (Wildman–Crippen LogP) is 2.56. The Hall–Kier alpha value is -1.72. The van der Waals surface area contributed by atoms with Crippen LogP contribution in [0.2, 0.25) is 5.15 Å². The van der Waals surface area contributed by atoms with E-state index < -0.39 is 0 Å². The number of halogens is 1. The summed E-state index contributed by atoms with van der Waals surface area (Å²) < 4.78 is 0. The highest BCUT2D eigenvalue weighted by Gasteiger charge is 2.08. The van der Waals surface area contributed by atoms with Gasteiger partial charge < -0.3 is 0 Å². The number of thiophene rings is 1. The van der Waals surface area contributed by atoms with Gasteiger partial charge in [-0.25, -0.2) is 10.4 Å². The lowest BCUT2D eigenvalue weighted by Crippen LogP contribution is -2.18. The molecule has 0 saturated carbocycles. The number of nitrogens with zero attached hydrogens (tertiary/aromatic N) is 2. The zero-order valence-corrected chi connectivity index (χ0v) is 10.2. The molecule has 2 rings (SSSR count). The third kappa shape index (κ3) is 3.12. The van der Waals surface area contributed by atoms with Gasteiger partial charge in [0.15, 0.2) is 0 Å². The first kappa shape index (κ1) is 11.8. The molecule has 6 heteroatoms. The van der Waals surface area contributed by atoms with Crippen LogP contribution in [0.15, 0.2) is 40.9 Å². The van der Waals surface area contributed by atoms with Crippen LogP contribution in [0.3, 0.4) is 0 Å². The Morgan fingerprint density at radius 3 is 3.06 bits per heavy atom. The van der Waals surface area contributed by atoms with Crippen molar-refractivity contribution in [3.05, 3.63) is 51.4 Å². The molecule has 0 aromatic carbocycles. The van der Waals surface area contributed by atoms with Crippen molar-refractivity contribution in [1.82, 2.24) is 10.4 Å². The van der Waals surface area contributed by atoms with Crippen LogP contribution < -0.4 is 5.43 Å². The molecule has 2 aromatic heterocycles. The van der Waals surface area contributed by atoms with E-state index in [0.717, 1.165) is 4.88 Å². The molecule has 0 unspecified atom stereocenters. The van der Waals surface area contributed by atoms with E-state index in [0.29, 0.717) is 5.56 Å². The van der Waals surface area contributed by atoms with Gasteiger partial charge >= 0.3 is 0 Å². The highest BCUT2D eigenvalue weighted by atomic mass is 35.5. The monoisotopic (exact) mass is 265 g/mol. The van der Waals surface area contributed by atoms with Crippen LogP contribution in [0.5, 0.6) is 0 Å². The summed E-state index contributed by atoms with van der Waals surface area (Å²) in [6.07, 6.45) is 3.10. The quantitative estimate of drug-likeness (QED) is 0.527. The van der Waals surface area contributed by atoms with Crippen molar-refractivity contribution in [2.75, 3.05) is 0 Å². The van der Waals surface area contributed by atoms with Crippen molar-refractivity contribution in [2.24, 2.45) is 5.10 Å². The summed E-state index contributed by atoms with van der Waals surface area (Å²) in [4.78, 5) is 16.4.